The van der Waals surface area contributed by atoms with E-state index in [2.05, 4.69) is 56.6 Å². The molecule has 148 valence electrons. The van der Waals surface area contributed by atoms with Gasteiger partial charge in [-0.05, 0) is 87.1 Å². The third-order valence-corrected chi connectivity index (χ3v) is 5.65. The molecule has 0 spiro atoms. The predicted molar refractivity (Wildman–Crippen MR) is 114 cm³/mol. The van der Waals surface area contributed by atoms with E-state index in [-0.39, 0.29) is 16.9 Å². The van der Waals surface area contributed by atoms with Crippen molar-refractivity contribution in [2.45, 2.75) is 52.5 Å². The highest BCUT2D eigenvalue weighted by Crippen LogP contribution is 2.44. The van der Waals surface area contributed by atoms with Gasteiger partial charge in [0.1, 0.15) is 11.3 Å². The van der Waals surface area contributed by atoms with Crippen LogP contribution in [0.4, 0.5) is 11.4 Å². The van der Waals surface area contributed by atoms with E-state index in [1.807, 2.05) is 0 Å². The molecule has 2 aromatic rings. The van der Waals surface area contributed by atoms with Crippen molar-refractivity contribution in [1.82, 2.24) is 0 Å². The Kier molecular flexibility index (Phi) is 5.20. The third kappa shape index (κ3) is 3.61. The standard InChI is InChI=1S/C23H28N2O3/c1-6-25-20-9-14(2)16(10-18(20)15(3)12-23(25,4)5)13-24-17-7-8-21(26)19(11-17)22(27)28/h7-11,13,15,26H,6,12H2,1-5H3,(H,27,28). The maximum absolute atomic E-state index is 11.2. The Hall–Kier alpha value is -2.82. The summed E-state index contributed by atoms with van der Waals surface area (Å²) < 4.78 is 0. The Bertz CT molecular complexity index is 947. The monoisotopic (exact) mass is 380 g/mol. The summed E-state index contributed by atoms with van der Waals surface area (Å²) in [6.45, 7) is 12.1. The lowest BCUT2D eigenvalue weighted by Gasteiger charge is -2.47. The van der Waals surface area contributed by atoms with Crippen molar-refractivity contribution in [3.8, 4) is 5.75 Å². The van der Waals surface area contributed by atoms with Crippen LogP contribution in [-0.4, -0.2) is 34.5 Å². The average molecular weight is 380 g/mol. The van der Waals surface area contributed by atoms with Crippen LogP contribution in [0, 0.1) is 6.92 Å². The average Bonchev–Trinajstić information content (AvgIpc) is 2.60. The van der Waals surface area contributed by atoms with Gasteiger partial charge in [-0.15, -0.1) is 0 Å². The van der Waals surface area contributed by atoms with Crippen molar-refractivity contribution in [1.29, 1.82) is 0 Å². The summed E-state index contributed by atoms with van der Waals surface area (Å²) >= 11 is 0. The second-order valence-electron chi connectivity index (χ2n) is 8.19. The smallest absolute Gasteiger partial charge is 0.339 e. The van der Waals surface area contributed by atoms with E-state index in [1.165, 1.54) is 23.4 Å². The Balaban J connectivity index is 1.99. The normalized spacial score (nSPS) is 18.3. The number of hydrogen-bond acceptors (Lipinski definition) is 4. The minimum absolute atomic E-state index is 0.127. The van der Waals surface area contributed by atoms with Crippen LogP contribution in [0.25, 0.3) is 0 Å². The van der Waals surface area contributed by atoms with Gasteiger partial charge in [0, 0.05) is 24.0 Å². The van der Waals surface area contributed by atoms with Crippen molar-refractivity contribution in [3.05, 3.63) is 52.6 Å². The highest BCUT2D eigenvalue weighted by atomic mass is 16.4. The van der Waals surface area contributed by atoms with Gasteiger partial charge in [-0.25, -0.2) is 4.79 Å². The zero-order valence-corrected chi connectivity index (χ0v) is 17.2. The van der Waals surface area contributed by atoms with Crippen LogP contribution in [0.5, 0.6) is 5.75 Å². The van der Waals surface area contributed by atoms with Crippen LogP contribution in [0.1, 0.15) is 67.1 Å². The van der Waals surface area contributed by atoms with E-state index in [0.717, 1.165) is 24.1 Å². The molecule has 0 aromatic heterocycles. The zero-order chi connectivity index (χ0) is 20.6. The van der Waals surface area contributed by atoms with Crippen LogP contribution < -0.4 is 4.90 Å². The first-order chi connectivity index (χ1) is 13.1. The van der Waals surface area contributed by atoms with Crippen molar-refractivity contribution in [3.63, 3.8) is 0 Å². The maximum atomic E-state index is 11.2. The lowest BCUT2D eigenvalue weighted by atomic mass is 9.79. The lowest BCUT2D eigenvalue weighted by molar-refractivity contribution is 0.0693. The topological polar surface area (TPSA) is 73.1 Å². The van der Waals surface area contributed by atoms with Crippen molar-refractivity contribution in [2.75, 3.05) is 11.4 Å². The van der Waals surface area contributed by atoms with Gasteiger partial charge in [0.2, 0.25) is 0 Å². The second kappa shape index (κ2) is 7.30. The maximum Gasteiger partial charge on any atom is 0.339 e. The molecular formula is C23H28N2O3. The molecule has 1 heterocycles. The number of aromatic carboxylic acids is 1. The molecule has 0 amide bonds. The number of aromatic hydroxyl groups is 1. The molecular weight excluding hydrogens is 352 g/mol. The number of aryl methyl sites for hydroxylation is 1. The first-order valence-electron chi connectivity index (χ1n) is 9.66. The predicted octanol–water partition coefficient (Wildman–Crippen LogP) is 5.26. The number of rotatable bonds is 4. The van der Waals surface area contributed by atoms with Gasteiger partial charge in [-0.2, -0.15) is 0 Å². The molecule has 0 saturated carbocycles. The molecule has 1 unspecified atom stereocenters. The Morgan fingerprint density at radius 2 is 2.04 bits per heavy atom. The fourth-order valence-corrected chi connectivity index (χ4v) is 4.31. The minimum atomic E-state index is -1.17. The summed E-state index contributed by atoms with van der Waals surface area (Å²) in [5.74, 6) is -0.976. The summed E-state index contributed by atoms with van der Waals surface area (Å²) in [5.41, 5.74) is 5.24. The quantitative estimate of drug-likeness (QED) is 0.710. The highest BCUT2D eigenvalue weighted by Gasteiger charge is 2.35. The Morgan fingerprint density at radius 3 is 2.68 bits per heavy atom. The number of anilines is 1. The van der Waals surface area contributed by atoms with E-state index in [0.29, 0.717) is 11.6 Å². The number of nitrogens with zero attached hydrogens (tertiary/aromatic N) is 2. The molecule has 1 atom stereocenters. The van der Waals surface area contributed by atoms with Crippen LogP contribution in [0.2, 0.25) is 0 Å². The molecule has 5 heteroatoms. The third-order valence-electron chi connectivity index (χ3n) is 5.65. The molecule has 0 saturated heterocycles. The largest absolute Gasteiger partial charge is 0.507 e. The van der Waals surface area contributed by atoms with Crippen LogP contribution in [-0.2, 0) is 0 Å². The fourth-order valence-electron chi connectivity index (χ4n) is 4.31. The summed E-state index contributed by atoms with van der Waals surface area (Å²) in [7, 11) is 0. The molecule has 0 fully saturated rings. The summed E-state index contributed by atoms with van der Waals surface area (Å²) in [6.07, 6.45) is 2.86. The molecule has 1 aliphatic heterocycles. The lowest BCUT2D eigenvalue weighted by Crippen LogP contribution is -2.48. The number of carboxylic acid groups (broad SMARTS) is 1. The van der Waals surface area contributed by atoms with E-state index in [9.17, 15) is 9.90 Å². The Morgan fingerprint density at radius 1 is 1.32 bits per heavy atom. The van der Waals surface area contributed by atoms with Crippen molar-refractivity contribution in [2.24, 2.45) is 4.99 Å². The molecule has 2 N–H and O–H groups in total. The molecule has 1 aliphatic rings. The van der Waals surface area contributed by atoms with E-state index in [1.54, 1.807) is 12.3 Å². The van der Waals surface area contributed by atoms with Crippen LogP contribution >= 0.6 is 0 Å². The first-order valence-corrected chi connectivity index (χ1v) is 9.66. The number of hydrogen-bond donors (Lipinski definition) is 2. The molecule has 0 aliphatic carbocycles. The molecule has 0 bridgehead atoms. The molecule has 28 heavy (non-hydrogen) atoms. The number of fused-ring (bicyclic) bond motifs is 1. The van der Waals surface area contributed by atoms with Crippen LogP contribution in [0.15, 0.2) is 35.3 Å². The minimum Gasteiger partial charge on any atom is -0.507 e. The number of phenols is 1. The highest BCUT2D eigenvalue weighted by molar-refractivity contribution is 5.92. The summed E-state index contributed by atoms with van der Waals surface area (Å²) in [6, 6.07) is 8.79. The van der Waals surface area contributed by atoms with Gasteiger partial charge in [0.25, 0.3) is 0 Å². The van der Waals surface area contributed by atoms with E-state index >= 15 is 0 Å². The van der Waals surface area contributed by atoms with Gasteiger partial charge in [0.15, 0.2) is 0 Å². The van der Waals surface area contributed by atoms with E-state index in [4.69, 9.17) is 5.11 Å². The number of benzene rings is 2. The molecule has 3 rings (SSSR count). The second-order valence-corrected chi connectivity index (χ2v) is 8.19. The molecule has 0 radical (unpaired) electrons. The SMILES string of the molecule is CCN1c2cc(C)c(C=Nc3ccc(O)c(C(=O)O)c3)cc2C(C)CC1(C)C. The number of aliphatic imine (C=N–C) groups is 1. The van der Waals surface area contributed by atoms with Crippen LogP contribution in [0.3, 0.4) is 0 Å². The van der Waals surface area contributed by atoms with Crippen molar-refractivity contribution < 1.29 is 15.0 Å². The molecule has 5 nitrogen and oxygen atoms in total. The van der Waals surface area contributed by atoms with Gasteiger partial charge in [0.05, 0.1) is 5.69 Å². The van der Waals surface area contributed by atoms with Gasteiger partial charge in [-0.3, -0.25) is 4.99 Å². The molecule has 2 aromatic carbocycles. The van der Waals surface area contributed by atoms with Gasteiger partial charge in [-0.1, -0.05) is 6.92 Å². The van der Waals surface area contributed by atoms with Gasteiger partial charge >= 0.3 is 5.97 Å². The number of carboxylic acids is 1. The Labute approximate surface area is 166 Å². The fraction of sp³-hybridized carbons (Fsp3) is 0.391. The number of carbonyl (C=O) groups is 1. The van der Waals surface area contributed by atoms with Gasteiger partial charge < -0.3 is 15.1 Å². The summed E-state index contributed by atoms with van der Waals surface area (Å²) in [4.78, 5) is 18.1. The first kappa shape index (κ1) is 19.9. The van der Waals surface area contributed by atoms with Crippen molar-refractivity contribution >= 4 is 23.6 Å². The van der Waals surface area contributed by atoms with E-state index < -0.39 is 5.97 Å². The zero-order valence-electron chi connectivity index (χ0n) is 17.2. The summed E-state index contributed by atoms with van der Waals surface area (Å²) in [5, 5.41) is 18.8.